The van der Waals surface area contributed by atoms with E-state index in [-0.39, 0.29) is 24.3 Å². The summed E-state index contributed by atoms with van der Waals surface area (Å²) in [6.07, 6.45) is 2.60. The van der Waals surface area contributed by atoms with Gasteiger partial charge >= 0.3 is 6.09 Å². The zero-order valence-electron chi connectivity index (χ0n) is 22.6. The Morgan fingerprint density at radius 2 is 1.97 bits per heavy atom. The van der Waals surface area contributed by atoms with Crippen LogP contribution in [-0.4, -0.2) is 85.9 Å². The summed E-state index contributed by atoms with van der Waals surface area (Å²) in [5, 5.41) is 7.53. The third kappa shape index (κ3) is 6.86. The zero-order chi connectivity index (χ0) is 26.9. The number of pyridine rings is 1. The summed E-state index contributed by atoms with van der Waals surface area (Å²) in [5.41, 5.74) is 1.22. The van der Waals surface area contributed by atoms with E-state index in [1.165, 1.54) is 11.3 Å². The highest BCUT2D eigenvalue weighted by atomic mass is 32.1. The van der Waals surface area contributed by atoms with Crippen LogP contribution in [0.3, 0.4) is 0 Å². The van der Waals surface area contributed by atoms with E-state index in [4.69, 9.17) is 19.4 Å². The fourth-order valence-electron chi connectivity index (χ4n) is 4.84. The second-order valence-electron chi connectivity index (χ2n) is 11.0. The van der Waals surface area contributed by atoms with E-state index in [1.54, 1.807) is 11.1 Å². The maximum absolute atomic E-state index is 12.5. The summed E-state index contributed by atoms with van der Waals surface area (Å²) in [6, 6.07) is 5.82. The van der Waals surface area contributed by atoms with E-state index >= 15 is 0 Å². The van der Waals surface area contributed by atoms with E-state index < -0.39 is 5.60 Å². The average Bonchev–Trinajstić information content (AvgIpc) is 3.43. The number of hydrogen-bond donors (Lipinski definition) is 2. The first-order valence-corrected chi connectivity index (χ1v) is 13.9. The lowest BCUT2D eigenvalue weighted by Gasteiger charge is -2.35. The average molecular weight is 541 g/mol. The lowest BCUT2D eigenvalue weighted by molar-refractivity contribution is -0.0707. The van der Waals surface area contributed by atoms with Crippen LogP contribution >= 0.6 is 11.3 Å². The molecule has 0 bridgehead atoms. The Balaban J connectivity index is 1.33. The number of rotatable bonds is 6. The van der Waals surface area contributed by atoms with Crippen LogP contribution in [0.1, 0.15) is 46.7 Å². The van der Waals surface area contributed by atoms with Crippen molar-refractivity contribution in [2.75, 3.05) is 36.8 Å². The van der Waals surface area contributed by atoms with Gasteiger partial charge in [0.1, 0.15) is 21.8 Å². The number of likely N-dealkylation sites (tertiary alicyclic amines) is 1. The quantitative estimate of drug-likeness (QED) is 0.470. The van der Waals surface area contributed by atoms with Gasteiger partial charge in [-0.15, -0.1) is 0 Å². The molecule has 0 aromatic carbocycles. The number of anilines is 3. The van der Waals surface area contributed by atoms with Crippen LogP contribution in [0.15, 0.2) is 24.4 Å². The summed E-state index contributed by atoms with van der Waals surface area (Å²) in [5.74, 6) is 1.18. The molecule has 2 aliphatic heterocycles. The number of thiazole rings is 1. The predicted octanol–water partition coefficient (Wildman–Crippen LogP) is 4.26. The molecule has 5 heterocycles. The molecule has 38 heavy (non-hydrogen) atoms. The molecule has 0 radical (unpaired) electrons. The van der Waals surface area contributed by atoms with Gasteiger partial charge in [0.05, 0.1) is 17.9 Å². The van der Waals surface area contributed by atoms with Crippen molar-refractivity contribution in [3.63, 3.8) is 0 Å². The highest BCUT2D eigenvalue weighted by molar-refractivity contribution is 7.21. The van der Waals surface area contributed by atoms with Crippen LogP contribution in [0.5, 0.6) is 0 Å². The molecule has 2 saturated heterocycles. The number of hydrogen-bond acceptors (Lipinski definition) is 11. The number of morpholine rings is 1. The van der Waals surface area contributed by atoms with Crippen LogP contribution in [0.4, 0.5) is 21.7 Å². The molecule has 3 aromatic heterocycles. The van der Waals surface area contributed by atoms with Crippen molar-refractivity contribution in [2.24, 2.45) is 0 Å². The van der Waals surface area contributed by atoms with Crippen molar-refractivity contribution in [3.8, 4) is 0 Å². The van der Waals surface area contributed by atoms with Gasteiger partial charge < -0.3 is 25.0 Å². The van der Waals surface area contributed by atoms with E-state index in [9.17, 15) is 4.79 Å². The minimum atomic E-state index is -0.523. The topological polar surface area (TPSA) is 118 Å². The number of carbonyl (C=O) groups excluding carboxylic acids is 1. The van der Waals surface area contributed by atoms with Crippen molar-refractivity contribution in [2.45, 2.75) is 71.4 Å². The molecule has 1 amide bonds. The van der Waals surface area contributed by atoms with Gasteiger partial charge in [-0.3, -0.25) is 4.90 Å². The first-order chi connectivity index (χ1) is 18.1. The second kappa shape index (κ2) is 11.0. The number of aromatic nitrogens is 4. The molecule has 11 nitrogen and oxygen atoms in total. The largest absolute Gasteiger partial charge is 0.444 e. The fraction of sp³-hybridized carbons (Fsp3) is 0.577. The molecule has 204 valence electrons. The molecule has 3 aromatic rings. The lowest BCUT2D eigenvalue weighted by atomic mass is 10.2. The first-order valence-electron chi connectivity index (χ1n) is 13.1. The molecule has 0 unspecified atom stereocenters. The summed E-state index contributed by atoms with van der Waals surface area (Å²) in [7, 11) is 0. The summed E-state index contributed by atoms with van der Waals surface area (Å²) < 4.78 is 11.4. The van der Waals surface area contributed by atoms with Gasteiger partial charge in [-0.25, -0.2) is 19.7 Å². The van der Waals surface area contributed by atoms with Gasteiger partial charge in [0, 0.05) is 51.0 Å². The monoisotopic (exact) mass is 540 g/mol. The highest BCUT2D eigenvalue weighted by Crippen LogP contribution is 2.27. The van der Waals surface area contributed by atoms with Crippen molar-refractivity contribution < 1.29 is 14.3 Å². The summed E-state index contributed by atoms with van der Waals surface area (Å²) >= 11 is 1.48. The number of ether oxygens (including phenoxy) is 2. The van der Waals surface area contributed by atoms with Crippen molar-refractivity contribution in [1.29, 1.82) is 0 Å². The molecule has 0 spiro atoms. The minimum absolute atomic E-state index is 0.0284. The summed E-state index contributed by atoms with van der Waals surface area (Å²) in [6.45, 7) is 13.4. The van der Waals surface area contributed by atoms with Gasteiger partial charge in [-0.1, -0.05) is 11.3 Å². The maximum Gasteiger partial charge on any atom is 0.410 e. The molecule has 5 rings (SSSR count). The molecule has 3 atom stereocenters. The van der Waals surface area contributed by atoms with E-state index in [1.807, 2.05) is 39.0 Å². The normalized spacial score (nSPS) is 22.6. The predicted molar refractivity (Wildman–Crippen MR) is 148 cm³/mol. The molecule has 0 saturated carbocycles. The molecular formula is C26H36N8O3S. The third-order valence-electron chi connectivity index (χ3n) is 6.23. The van der Waals surface area contributed by atoms with Crippen LogP contribution in [-0.2, 0) is 16.0 Å². The van der Waals surface area contributed by atoms with Crippen molar-refractivity contribution in [1.82, 2.24) is 29.7 Å². The van der Waals surface area contributed by atoms with Crippen LogP contribution in [0.25, 0.3) is 10.3 Å². The zero-order valence-corrected chi connectivity index (χ0v) is 23.4. The van der Waals surface area contributed by atoms with Gasteiger partial charge in [0.15, 0.2) is 5.13 Å². The smallest absolute Gasteiger partial charge is 0.410 e. The van der Waals surface area contributed by atoms with E-state index in [0.29, 0.717) is 31.4 Å². The standard InChI is InChI=1S/C26H36N8O3S/c1-16-12-33(13-17(2)36-16)14-19-11-21(32-24-30-20-7-6-9-27-22(20)38-24)31-23(29-19)28-18-8-10-34(15-18)25(35)37-26(3,4)5/h6-7,9,11,16-18H,8,10,12-15H2,1-5H3,(H2,28,29,30,31,32)/t16-,17+,18-/m0/s1. The molecule has 2 N–H and O–H groups in total. The maximum atomic E-state index is 12.5. The van der Waals surface area contributed by atoms with Gasteiger partial charge in [-0.2, -0.15) is 4.98 Å². The van der Waals surface area contributed by atoms with Crippen molar-refractivity contribution in [3.05, 3.63) is 30.1 Å². The number of amides is 1. The number of nitrogens with one attached hydrogen (secondary N) is 2. The Morgan fingerprint density at radius 3 is 2.71 bits per heavy atom. The first kappa shape index (κ1) is 26.5. The Labute approximate surface area is 227 Å². The third-order valence-corrected chi connectivity index (χ3v) is 7.13. The Bertz CT molecular complexity index is 1240. The second-order valence-corrected chi connectivity index (χ2v) is 12.0. The van der Waals surface area contributed by atoms with E-state index in [2.05, 4.69) is 39.3 Å². The molecule has 2 aliphatic rings. The van der Waals surface area contributed by atoms with Gasteiger partial charge in [0.25, 0.3) is 0 Å². The molecule has 0 aliphatic carbocycles. The van der Waals surface area contributed by atoms with Crippen LogP contribution < -0.4 is 10.6 Å². The molecule has 12 heteroatoms. The number of carbonyl (C=O) groups is 1. The molecular weight excluding hydrogens is 504 g/mol. The minimum Gasteiger partial charge on any atom is -0.444 e. The van der Waals surface area contributed by atoms with Crippen LogP contribution in [0, 0.1) is 0 Å². The Kier molecular flexibility index (Phi) is 7.64. The summed E-state index contributed by atoms with van der Waals surface area (Å²) in [4.78, 5) is 36.1. The van der Waals surface area contributed by atoms with Gasteiger partial charge in [0.2, 0.25) is 5.95 Å². The number of fused-ring (bicyclic) bond motifs is 1. The fourth-order valence-corrected chi connectivity index (χ4v) is 5.65. The lowest BCUT2D eigenvalue weighted by Crippen LogP contribution is -2.45. The Morgan fingerprint density at radius 1 is 1.18 bits per heavy atom. The number of nitrogens with zero attached hydrogens (tertiary/aromatic N) is 6. The van der Waals surface area contributed by atoms with Crippen molar-refractivity contribution >= 4 is 44.7 Å². The van der Waals surface area contributed by atoms with Crippen LogP contribution in [0.2, 0.25) is 0 Å². The van der Waals surface area contributed by atoms with E-state index in [0.717, 1.165) is 40.7 Å². The molecule has 2 fully saturated rings. The highest BCUT2D eigenvalue weighted by Gasteiger charge is 2.30. The van der Waals surface area contributed by atoms with Gasteiger partial charge in [-0.05, 0) is 53.2 Å². The Hall–Kier alpha value is -3.09. The SMILES string of the molecule is C[C@@H]1CN(Cc2cc(Nc3nc4cccnc4s3)nc(N[C@H]3CCN(C(=O)OC(C)(C)C)C3)n2)C[C@H](C)O1.